The van der Waals surface area contributed by atoms with Crippen molar-refractivity contribution < 1.29 is 43.5 Å². The summed E-state index contributed by atoms with van der Waals surface area (Å²) in [6, 6.07) is 10.1. The number of hydrogen-bond donors (Lipinski definition) is 3. The van der Waals surface area contributed by atoms with Crippen LogP contribution >= 0.6 is 0 Å². The standard InChI is InChI=1S/C23H30N2O5.C2H2O4/c1-27-19-6-5-15(12-20(19)28-2)11-18-17-14-22(30-4)21(29-3)13-16(17)7-9-25(18)10-8-23(24)26;3-1(4)2(5)6/h5-6,12-14,18H,7-11H2,1-4H3,(H2,24,26);(H,3,4)(H,5,6). The molecule has 2 aromatic carbocycles. The lowest BCUT2D eigenvalue weighted by molar-refractivity contribution is -0.159. The summed E-state index contributed by atoms with van der Waals surface area (Å²) in [4.78, 5) is 31.9. The maximum Gasteiger partial charge on any atom is 0.414 e. The minimum Gasteiger partial charge on any atom is -0.493 e. The Morgan fingerprint density at radius 2 is 1.44 bits per heavy atom. The van der Waals surface area contributed by atoms with Gasteiger partial charge in [0.05, 0.1) is 28.4 Å². The van der Waals surface area contributed by atoms with Gasteiger partial charge in [-0.25, -0.2) is 9.59 Å². The van der Waals surface area contributed by atoms with Crippen molar-refractivity contribution in [3.05, 3.63) is 47.0 Å². The number of rotatable bonds is 9. The fraction of sp³-hybridized carbons (Fsp3) is 0.400. The van der Waals surface area contributed by atoms with Gasteiger partial charge >= 0.3 is 11.9 Å². The Labute approximate surface area is 209 Å². The number of carboxylic acid groups (broad SMARTS) is 2. The first-order valence-corrected chi connectivity index (χ1v) is 11.1. The van der Waals surface area contributed by atoms with Crippen molar-refractivity contribution in [1.82, 2.24) is 4.90 Å². The van der Waals surface area contributed by atoms with E-state index in [-0.39, 0.29) is 11.9 Å². The second kappa shape index (κ2) is 13.2. The van der Waals surface area contributed by atoms with Crippen molar-refractivity contribution >= 4 is 17.8 Å². The number of methoxy groups -OCH3 is 4. The van der Waals surface area contributed by atoms with Crippen molar-refractivity contribution in [2.24, 2.45) is 5.73 Å². The third-order valence-corrected chi connectivity index (χ3v) is 5.82. The molecule has 4 N–H and O–H groups in total. The number of carbonyl (C=O) groups excluding carboxylic acids is 1. The Hall–Kier alpha value is -3.99. The summed E-state index contributed by atoms with van der Waals surface area (Å²) in [5.41, 5.74) is 8.95. The summed E-state index contributed by atoms with van der Waals surface area (Å²) in [5.74, 6) is -1.12. The third kappa shape index (κ3) is 7.25. The number of ether oxygens (including phenoxy) is 4. The maximum atomic E-state index is 11.4. The molecule has 1 aliphatic rings. The average Bonchev–Trinajstić information content (AvgIpc) is 2.87. The molecular formula is C25H32N2O9. The van der Waals surface area contributed by atoms with Gasteiger partial charge in [-0.2, -0.15) is 0 Å². The van der Waals surface area contributed by atoms with Gasteiger partial charge < -0.3 is 34.9 Å². The van der Waals surface area contributed by atoms with Crippen LogP contribution in [0.25, 0.3) is 0 Å². The molecule has 0 saturated heterocycles. The van der Waals surface area contributed by atoms with Gasteiger partial charge in [-0.1, -0.05) is 6.07 Å². The number of nitrogens with zero attached hydrogens (tertiary/aromatic N) is 1. The van der Waals surface area contributed by atoms with Crippen LogP contribution < -0.4 is 24.7 Å². The molecular weight excluding hydrogens is 472 g/mol. The zero-order chi connectivity index (χ0) is 26.8. The van der Waals surface area contributed by atoms with Gasteiger partial charge in [-0.05, 0) is 53.8 Å². The van der Waals surface area contributed by atoms with Crippen molar-refractivity contribution in [3.8, 4) is 23.0 Å². The molecule has 0 fully saturated rings. The Balaban J connectivity index is 0.000000678. The number of primary amides is 1. The predicted octanol–water partition coefficient (Wildman–Crippen LogP) is 1.89. The summed E-state index contributed by atoms with van der Waals surface area (Å²) in [6.45, 7) is 1.45. The lowest BCUT2D eigenvalue weighted by Crippen LogP contribution is -2.38. The Morgan fingerprint density at radius 1 is 0.889 bits per heavy atom. The molecule has 0 saturated carbocycles. The summed E-state index contributed by atoms with van der Waals surface area (Å²) < 4.78 is 21.9. The van der Waals surface area contributed by atoms with Gasteiger partial charge in [0.15, 0.2) is 23.0 Å². The van der Waals surface area contributed by atoms with Crippen molar-refractivity contribution in [3.63, 3.8) is 0 Å². The first kappa shape index (κ1) is 28.2. The van der Waals surface area contributed by atoms with Crippen LogP contribution in [0.3, 0.4) is 0 Å². The molecule has 1 amide bonds. The lowest BCUT2D eigenvalue weighted by atomic mass is 9.88. The Morgan fingerprint density at radius 3 is 1.97 bits per heavy atom. The van der Waals surface area contributed by atoms with E-state index >= 15 is 0 Å². The summed E-state index contributed by atoms with van der Waals surface area (Å²) in [5, 5.41) is 14.8. The molecule has 0 aliphatic carbocycles. The number of benzene rings is 2. The van der Waals surface area contributed by atoms with E-state index in [1.807, 2.05) is 18.2 Å². The quantitative estimate of drug-likeness (QED) is 0.431. The van der Waals surface area contributed by atoms with Gasteiger partial charge in [0.1, 0.15) is 0 Å². The minimum absolute atomic E-state index is 0.0750. The highest BCUT2D eigenvalue weighted by atomic mass is 16.5. The maximum absolute atomic E-state index is 11.4. The van der Waals surface area contributed by atoms with Crippen LogP contribution in [0.5, 0.6) is 23.0 Å². The molecule has 196 valence electrons. The van der Waals surface area contributed by atoms with E-state index in [4.69, 9.17) is 44.5 Å². The monoisotopic (exact) mass is 504 g/mol. The molecule has 36 heavy (non-hydrogen) atoms. The highest BCUT2D eigenvalue weighted by Crippen LogP contribution is 2.40. The number of carbonyl (C=O) groups is 3. The summed E-state index contributed by atoms with van der Waals surface area (Å²) in [6.07, 6.45) is 1.95. The molecule has 0 spiro atoms. The van der Waals surface area contributed by atoms with Gasteiger partial charge in [0, 0.05) is 25.6 Å². The molecule has 1 atom stereocenters. The van der Waals surface area contributed by atoms with Gasteiger partial charge in [-0.15, -0.1) is 0 Å². The fourth-order valence-corrected chi connectivity index (χ4v) is 4.07. The number of fused-ring (bicyclic) bond motifs is 1. The van der Waals surface area contributed by atoms with Crippen LogP contribution in [0.4, 0.5) is 0 Å². The topological polar surface area (TPSA) is 158 Å². The second-order valence-electron chi connectivity index (χ2n) is 7.93. The van der Waals surface area contributed by atoms with Gasteiger partial charge in [-0.3, -0.25) is 9.69 Å². The molecule has 0 aromatic heterocycles. The van der Waals surface area contributed by atoms with Crippen LogP contribution in [-0.2, 0) is 27.2 Å². The molecule has 3 rings (SSSR count). The van der Waals surface area contributed by atoms with Crippen molar-refractivity contribution in [1.29, 1.82) is 0 Å². The highest BCUT2D eigenvalue weighted by molar-refractivity contribution is 6.27. The molecule has 0 radical (unpaired) electrons. The number of hydrogen-bond acceptors (Lipinski definition) is 8. The van der Waals surface area contributed by atoms with E-state index in [1.54, 1.807) is 28.4 Å². The zero-order valence-corrected chi connectivity index (χ0v) is 20.8. The predicted molar refractivity (Wildman–Crippen MR) is 130 cm³/mol. The number of carboxylic acids is 2. The molecule has 11 heteroatoms. The number of amides is 1. The molecule has 11 nitrogen and oxygen atoms in total. The summed E-state index contributed by atoms with van der Waals surface area (Å²) >= 11 is 0. The molecule has 2 aromatic rings. The smallest absolute Gasteiger partial charge is 0.414 e. The van der Waals surface area contributed by atoms with E-state index in [1.165, 1.54) is 11.1 Å². The fourth-order valence-electron chi connectivity index (χ4n) is 4.07. The Kier molecular flexibility index (Phi) is 10.4. The van der Waals surface area contributed by atoms with Crippen molar-refractivity contribution in [2.45, 2.75) is 25.3 Å². The normalized spacial score (nSPS) is 14.5. The first-order valence-electron chi connectivity index (χ1n) is 11.1. The third-order valence-electron chi connectivity index (χ3n) is 5.82. The molecule has 1 heterocycles. The zero-order valence-electron chi connectivity index (χ0n) is 20.8. The number of aliphatic carboxylic acids is 2. The average molecular weight is 505 g/mol. The first-order chi connectivity index (χ1) is 17.1. The SMILES string of the molecule is COc1ccc(CC2c3cc(OC)c(OC)cc3CCN2CCC(N)=O)cc1OC.O=C(O)C(=O)O. The Bertz CT molecular complexity index is 1080. The molecule has 1 unspecified atom stereocenters. The molecule has 0 bridgehead atoms. The highest BCUT2D eigenvalue weighted by Gasteiger charge is 2.29. The largest absolute Gasteiger partial charge is 0.493 e. The van der Waals surface area contributed by atoms with E-state index < -0.39 is 11.9 Å². The van der Waals surface area contributed by atoms with Crippen LogP contribution in [-0.4, -0.2) is 74.5 Å². The van der Waals surface area contributed by atoms with Crippen LogP contribution in [0.15, 0.2) is 30.3 Å². The minimum atomic E-state index is -1.82. The van der Waals surface area contributed by atoms with E-state index in [2.05, 4.69) is 17.0 Å². The van der Waals surface area contributed by atoms with Gasteiger partial charge in [0.2, 0.25) is 5.91 Å². The van der Waals surface area contributed by atoms with Crippen LogP contribution in [0.2, 0.25) is 0 Å². The van der Waals surface area contributed by atoms with Gasteiger partial charge in [0.25, 0.3) is 0 Å². The van der Waals surface area contributed by atoms with Crippen molar-refractivity contribution in [2.75, 3.05) is 41.5 Å². The summed E-state index contributed by atoms with van der Waals surface area (Å²) in [7, 11) is 6.54. The second-order valence-corrected chi connectivity index (χ2v) is 7.93. The van der Waals surface area contributed by atoms with E-state index in [0.29, 0.717) is 30.2 Å². The van der Waals surface area contributed by atoms with Crippen LogP contribution in [0.1, 0.15) is 29.2 Å². The van der Waals surface area contributed by atoms with Crippen LogP contribution in [0, 0.1) is 0 Å². The lowest BCUT2D eigenvalue weighted by Gasteiger charge is -2.38. The van der Waals surface area contributed by atoms with E-state index in [9.17, 15) is 4.79 Å². The number of nitrogens with two attached hydrogens (primary N) is 1. The molecule has 1 aliphatic heterocycles. The van der Waals surface area contributed by atoms with E-state index in [0.717, 1.165) is 30.7 Å².